The summed E-state index contributed by atoms with van der Waals surface area (Å²) in [5.41, 5.74) is -4.96. The largest absolute Gasteiger partial charge is 0.459 e. The maximum atomic E-state index is 14.4. The predicted octanol–water partition coefficient (Wildman–Crippen LogP) is 2.64. The first-order chi connectivity index (χ1) is 26.5. The van der Waals surface area contributed by atoms with E-state index >= 15 is 0 Å². The molecule has 334 valence electrons. The molecule has 4 fully saturated rings. The van der Waals surface area contributed by atoms with Crippen molar-refractivity contribution in [2.75, 3.05) is 47.6 Å². The smallest absolute Gasteiger partial charge is 0.311 e. The van der Waals surface area contributed by atoms with Gasteiger partial charge >= 0.3 is 5.97 Å². The van der Waals surface area contributed by atoms with E-state index in [1.165, 1.54) is 6.92 Å². The summed E-state index contributed by atoms with van der Waals surface area (Å²) in [5.74, 6) is -2.52. The monoisotopic (exact) mass is 818 g/mol. The van der Waals surface area contributed by atoms with Gasteiger partial charge < -0.3 is 63.8 Å². The van der Waals surface area contributed by atoms with Crippen LogP contribution in [0.25, 0.3) is 0 Å². The van der Waals surface area contributed by atoms with Gasteiger partial charge in [0, 0.05) is 44.6 Å². The van der Waals surface area contributed by atoms with Gasteiger partial charge in [0.1, 0.15) is 41.8 Å². The second kappa shape index (κ2) is 19.3. The van der Waals surface area contributed by atoms with E-state index < -0.39 is 95.5 Å². The molecule has 4 saturated heterocycles. The molecule has 4 aliphatic rings. The van der Waals surface area contributed by atoms with Crippen molar-refractivity contribution in [1.82, 2.24) is 15.1 Å². The minimum absolute atomic E-state index is 0.148. The van der Waals surface area contributed by atoms with E-state index in [0.717, 1.165) is 13.0 Å². The number of esters is 1. The van der Waals surface area contributed by atoms with Crippen molar-refractivity contribution in [2.24, 2.45) is 17.8 Å². The lowest BCUT2D eigenvalue weighted by Gasteiger charge is -2.54. The van der Waals surface area contributed by atoms with Crippen LogP contribution < -0.4 is 5.32 Å². The Labute approximate surface area is 342 Å². The number of likely N-dealkylation sites (N-methyl/N-ethyl adjacent to an activating group) is 1. The number of carbonyl (C=O) groups is 1. The number of cyclic esters (lactones) is 1. The maximum absolute atomic E-state index is 14.4. The van der Waals surface area contributed by atoms with Gasteiger partial charge in [-0.1, -0.05) is 27.7 Å². The van der Waals surface area contributed by atoms with Crippen molar-refractivity contribution in [3.63, 3.8) is 0 Å². The van der Waals surface area contributed by atoms with Gasteiger partial charge in [-0.25, -0.2) is 0 Å². The molecule has 1 spiro atoms. The molecule has 0 aromatic heterocycles. The fraction of sp³-hybridized carbons (Fsp3) is 0.976. The molecule has 0 unspecified atom stereocenters. The molecule has 0 amide bonds. The van der Waals surface area contributed by atoms with Crippen LogP contribution in [0.3, 0.4) is 0 Å². The second-order valence-electron chi connectivity index (χ2n) is 18.8. The van der Waals surface area contributed by atoms with Gasteiger partial charge in [-0.15, -0.1) is 0 Å². The molecular weight excluding hydrogens is 738 g/mol. The van der Waals surface area contributed by atoms with E-state index in [0.29, 0.717) is 26.2 Å². The number of ether oxygens (including phenoxy) is 7. The summed E-state index contributed by atoms with van der Waals surface area (Å²) in [6.45, 7) is 22.6. The van der Waals surface area contributed by atoms with Crippen molar-refractivity contribution in [3.05, 3.63) is 0 Å². The molecule has 57 heavy (non-hydrogen) atoms. The van der Waals surface area contributed by atoms with E-state index in [2.05, 4.69) is 17.1 Å². The van der Waals surface area contributed by atoms with Gasteiger partial charge in [0.05, 0.1) is 35.9 Å². The molecule has 18 atom stereocenters. The SMILES string of the molecule is CCCN1CO[C@@]2(C1)[C@H](C)O[C@@H](O[C@H]1[C@H](C)[C@@H](O[C@@H]3O[C@H](C)C[C@H](N(C)C)[C@H]3O)[C@@](C)(O)C[C@@H](C)CN[C@H](C)[C@@H](O)[C@](C)(O)[C@@H](CC)OC(=O)[C@@H]1C)C[C@@]2(C)OC. The number of aliphatic hydroxyl groups excluding tert-OH is 2. The van der Waals surface area contributed by atoms with Crippen LogP contribution in [0.15, 0.2) is 0 Å². The quantitative estimate of drug-likeness (QED) is 0.214. The predicted molar refractivity (Wildman–Crippen MR) is 214 cm³/mol. The Bertz CT molecular complexity index is 1290. The van der Waals surface area contributed by atoms with E-state index in [4.69, 9.17) is 33.2 Å². The number of hydrogen-bond acceptors (Lipinski definition) is 15. The minimum Gasteiger partial charge on any atom is -0.459 e. The van der Waals surface area contributed by atoms with E-state index in [-0.39, 0.29) is 37.3 Å². The molecule has 15 heteroatoms. The highest BCUT2D eigenvalue weighted by Gasteiger charge is 2.62. The molecule has 0 saturated carbocycles. The average Bonchev–Trinajstić information content (AvgIpc) is 3.58. The number of nitrogens with zero attached hydrogens (tertiary/aromatic N) is 2. The topological polar surface area (TPSA) is 181 Å². The zero-order valence-corrected chi connectivity index (χ0v) is 37.4. The molecule has 0 aromatic carbocycles. The van der Waals surface area contributed by atoms with Crippen LogP contribution in [0.4, 0.5) is 0 Å². The Morgan fingerprint density at radius 1 is 0.982 bits per heavy atom. The lowest BCUT2D eigenvalue weighted by atomic mass is 9.75. The zero-order valence-electron chi connectivity index (χ0n) is 37.4. The number of aliphatic hydroxyl groups is 4. The van der Waals surface area contributed by atoms with Gasteiger partial charge in [0.15, 0.2) is 12.6 Å². The van der Waals surface area contributed by atoms with Gasteiger partial charge in [-0.2, -0.15) is 0 Å². The third kappa shape index (κ3) is 10.4. The normalized spacial score (nSPS) is 48.8. The minimum atomic E-state index is -1.79. The standard InChI is InChI=1S/C42H79N3O12/c1-15-17-45-22-42(52-23-45)29(8)54-32(20-40(42,10)51-14)56-34-26(5)36(57-38-33(46)30(44(12)13)18-25(4)53-38)39(9,49)19-24(3)21-43-28(7)35(47)41(11,50)31(16-2)55-37(48)27(34)6/h24-36,38,43,46-47,49-50H,15-23H2,1-14H3/t24-,25-,26+,27-,28-,29+,30+,31-,32+,33-,34+,35-,36-,38+,39+,40-,41-,42+/m1/s1. The molecule has 4 aliphatic heterocycles. The average molecular weight is 818 g/mol. The van der Waals surface area contributed by atoms with Crippen molar-refractivity contribution >= 4 is 5.97 Å². The first-order valence-corrected chi connectivity index (χ1v) is 21.4. The van der Waals surface area contributed by atoms with Crippen LogP contribution in [0.5, 0.6) is 0 Å². The van der Waals surface area contributed by atoms with Crippen molar-refractivity contribution < 1.29 is 58.4 Å². The summed E-state index contributed by atoms with van der Waals surface area (Å²) in [7, 11) is 5.46. The van der Waals surface area contributed by atoms with E-state index in [9.17, 15) is 25.2 Å². The molecule has 15 nitrogen and oxygen atoms in total. The lowest BCUT2D eigenvalue weighted by molar-refractivity contribution is -0.335. The van der Waals surface area contributed by atoms with Gasteiger partial charge in [-0.05, 0) is 101 Å². The summed E-state index contributed by atoms with van der Waals surface area (Å²) < 4.78 is 45.6. The Morgan fingerprint density at radius 3 is 2.25 bits per heavy atom. The summed E-state index contributed by atoms with van der Waals surface area (Å²) in [6, 6.07) is -0.846. The summed E-state index contributed by atoms with van der Waals surface area (Å²) in [6.07, 6.45) is -5.77. The first-order valence-electron chi connectivity index (χ1n) is 21.4. The van der Waals surface area contributed by atoms with Crippen LogP contribution in [-0.4, -0.2) is 174 Å². The number of nitrogens with one attached hydrogen (secondary N) is 1. The highest BCUT2D eigenvalue weighted by Crippen LogP contribution is 2.47. The molecular formula is C42H79N3O12. The zero-order chi connectivity index (χ0) is 42.8. The molecule has 0 aliphatic carbocycles. The lowest BCUT2D eigenvalue weighted by Crippen LogP contribution is -2.68. The highest BCUT2D eigenvalue weighted by molar-refractivity contribution is 5.73. The van der Waals surface area contributed by atoms with Crippen LogP contribution in [0, 0.1) is 17.8 Å². The number of hydrogen-bond donors (Lipinski definition) is 5. The summed E-state index contributed by atoms with van der Waals surface area (Å²) in [4.78, 5) is 18.6. The molecule has 5 N–H and O–H groups in total. The third-order valence-corrected chi connectivity index (χ3v) is 13.7. The molecule has 0 radical (unpaired) electrons. The number of methoxy groups -OCH3 is 1. The van der Waals surface area contributed by atoms with Crippen LogP contribution in [-0.2, 0) is 38.0 Å². The molecule has 4 rings (SSSR count). The van der Waals surface area contributed by atoms with Crippen LogP contribution >= 0.6 is 0 Å². The first kappa shape index (κ1) is 48.6. The van der Waals surface area contributed by atoms with Crippen molar-refractivity contribution in [1.29, 1.82) is 0 Å². The second-order valence-corrected chi connectivity index (χ2v) is 18.8. The van der Waals surface area contributed by atoms with Crippen LogP contribution in [0.1, 0.15) is 108 Å². The van der Waals surface area contributed by atoms with Gasteiger partial charge in [0.2, 0.25) is 0 Å². The van der Waals surface area contributed by atoms with E-state index in [1.54, 1.807) is 34.8 Å². The molecule has 0 bridgehead atoms. The summed E-state index contributed by atoms with van der Waals surface area (Å²) >= 11 is 0. The third-order valence-electron chi connectivity index (χ3n) is 13.7. The van der Waals surface area contributed by atoms with Crippen LogP contribution in [0.2, 0.25) is 0 Å². The Balaban J connectivity index is 1.79. The molecule has 4 heterocycles. The Hall–Kier alpha value is -1.05. The van der Waals surface area contributed by atoms with E-state index in [1.807, 2.05) is 53.6 Å². The summed E-state index contributed by atoms with van der Waals surface area (Å²) in [5, 5.41) is 50.7. The fourth-order valence-corrected chi connectivity index (χ4v) is 10.1. The Morgan fingerprint density at radius 2 is 1.65 bits per heavy atom. The van der Waals surface area contributed by atoms with Gasteiger partial charge in [-0.3, -0.25) is 9.69 Å². The number of carbonyl (C=O) groups excluding carboxylic acids is 1. The molecule has 0 aromatic rings. The van der Waals surface area contributed by atoms with Gasteiger partial charge in [0.25, 0.3) is 0 Å². The maximum Gasteiger partial charge on any atom is 0.311 e. The highest BCUT2D eigenvalue weighted by atomic mass is 16.7. The number of rotatable bonds is 9. The Kier molecular flexibility index (Phi) is 16.5. The fourth-order valence-electron chi connectivity index (χ4n) is 10.1. The van der Waals surface area contributed by atoms with Crippen molar-refractivity contribution in [3.8, 4) is 0 Å². The van der Waals surface area contributed by atoms with Crippen molar-refractivity contribution in [2.45, 2.75) is 198 Å².